The predicted molar refractivity (Wildman–Crippen MR) is 503 cm³/mol. The Hall–Kier alpha value is -6.84. The van der Waals surface area contributed by atoms with Crippen molar-refractivity contribution in [2.45, 2.75) is 467 Å². The first-order chi connectivity index (χ1) is 57.5. The van der Waals surface area contributed by atoms with E-state index in [9.17, 15) is 19.2 Å². The number of hydrogen-bond acceptors (Lipinski definition) is 12. The fraction of sp³-hybridized carbons (Fsp3) is 0.731. The number of benzene rings is 4. The highest BCUT2D eigenvalue weighted by atomic mass is 16.6. The molecule has 1 aliphatic rings. The number of carbonyl (C=O) groups is 4. The Morgan fingerprint density at radius 2 is 0.342 bits per heavy atom. The van der Waals surface area contributed by atoms with E-state index in [0.717, 1.165) is 122 Å². The van der Waals surface area contributed by atoms with Gasteiger partial charge in [-0.05, 0) is 157 Å². The number of amides is 4. The maximum Gasteiger partial charge on any atom is 0.412 e. The Bertz CT molecular complexity index is 2950. The third-order valence-electron chi connectivity index (χ3n) is 22.1. The van der Waals surface area contributed by atoms with Crippen LogP contribution in [0, 0.1) is 0 Å². The fourth-order valence-corrected chi connectivity index (χ4v) is 16.1. The van der Waals surface area contributed by atoms with E-state index >= 15 is 0 Å². The zero-order chi connectivity index (χ0) is 87.3. The minimum Gasteiger partial charge on any atom is -0.493 e. The van der Waals surface area contributed by atoms with Crippen molar-refractivity contribution in [3.8, 4) is 23.0 Å². The molecular weight excluding hydrogens is 1500 g/mol. The van der Waals surface area contributed by atoms with Crippen LogP contribution in [0.2, 0.25) is 0 Å². The van der Waals surface area contributed by atoms with Gasteiger partial charge < -0.3 is 37.9 Å². The van der Waals surface area contributed by atoms with E-state index in [1.54, 1.807) is 0 Å². The summed E-state index contributed by atoms with van der Waals surface area (Å²) in [5, 5.41) is 12.7. The Kier molecular flexibility index (Phi) is 51.1. The largest absolute Gasteiger partial charge is 0.493 e. The summed E-state index contributed by atoms with van der Waals surface area (Å²) in [5.74, 6) is 2.59. The van der Waals surface area contributed by atoms with Crippen molar-refractivity contribution in [3.63, 3.8) is 0 Å². The molecule has 4 amide bonds. The van der Waals surface area contributed by atoms with E-state index in [0.29, 0.717) is 72.2 Å². The molecule has 8 bridgehead atoms. The molecule has 0 fully saturated rings. The fourth-order valence-electron chi connectivity index (χ4n) is 16.1. The Balaban J connectivity index is 1.85. The Morgan fingerprint density at radius 1 is 0.217 bits per heavy atom. The normalized spacial score (nSPS) is 12.4. The number of fused-ring (bicyclic) bond motifs is 8. The number of hydrogen-bond donors (Lipinski definition) is 4. The zero-order valence-electron chi connectivity index (χ0n) is 79.1. The molecule has 1 aliphatic carbocycles. The Labute approximate surface area is 731 Å². The van der Waals surface area contributed by atoms with Gasteiger partial charge in [0.15, 0.2) is 0 Å². The van der Waals surface area contributed by atoms with E-state index in [-0.39, 0.29) is 25.7 Å². The van der Waals surface area contributed by atoms with Crippen molar-refractivity contribution in [2.75, 3.05) is 47.7 Å². The van der Waals surface area contributed by atoms with Crippen molar-refractivity contribution in [1.29, 1.82) is 0 Å². The third kappa shape index (κ3) is 47.1. The van der Waals surface area contributed by atoms with Gasteiger partial charge in [0.05, 0.1) is 26.4 Å². The standard InChI is InChI=1S/C104H172N4O12/c1-17-21-25-29-33-37-41-45-49-53-57-61-65-113-93-81-69-83-75-90(106-98(110)118-102(8,9)10)77-85(94(83)114-66-62-58-54-50-46-42-38-34-30-26-22-18-2)71-87-79-92(108-100(112)120-104(14,15)16)80-88(96(87)116-68-64-60-56-52-48-44-40-36-32-28-24-20-4)72-86-78-91(107-99(111)119-103(11,12)13)76-84(70-82(93)74-89(73-81)105-97(109)117-101(5,6)7)95(86)115-67-63-59-55-51-47-43-39-35-31-27-23-19-3/h73-80H,17-72H2,1-16H3,(H,105,109)(H,106,110)(H,107,111)(H,108,112). The highest BCUT2D eigenvalue weighted by molar-refractivity contribution is 5.88. The van der Waals surface area contributed by atoms with Crippen molar-refractivity contribution in [2.24, 2.45) is 0 Å². The Morgan fingerprint density at radius 3 is 0.467 bits per heavy atom. The second kappa shape index (κ2) is 59.1. The molecule has 0 aliphatic heterocycles. The molecule has 0 aromatic heterocycles. The highest BCUT2D eigenvalue weighted by Crippen LogP contribution is 2.44. The van der Waals surface area contributed by atoms with Gasteiger partial charge in [0, 0.05) is 92.9 Å². The van der Waals surface area contributed by atoms with Crippen molar-refractivity contribution < 1.29 is 57.1 Å². The quantitative estimate of drug-likeness (QED) is 0.0213. The molecule has 0 unspecified atom stereocenters. The van der Waals surface area contributed by atoms with Crippen LogP contribution < -0.4 is 40.2 Å². The van der Waals surface area contributed by atoms with Crippen LogP contribution >= 0.6 is 0 Å². The minimum atomic E-state index is -0.810. The van der Waals surface area contributed by atoms with Crippen LogP contribution in [-0.4, -0.2) is 73.2 Å². The van der Waals surface area contributed by atoms with Crippen LogP contribution in [0.4, 0.5) is 41.9 Å². The molecule has 16 heteroatoms. The van der Waals surface area contributed by atoms with Gasteiger partial charge in [0.25, 0.3) is 0 Å². The molecule has 0 saturated heterocycles. The van der Waals surface area contributed by atoms with E-state index in [2.05, 4.69) is 49.0 Å². The lowest BCUT2D eigenvalue weighted by atomic mass is 9.90. The molecule has 16 nitrogen and oxygen atoms in total. The van der Waals surface area contributed by atoms with Gasteiger partial charge in [-0.2, -0.15) is 0 Å². The lowest BCUT2D eigenvalue weighted by Crippen LogP contribution is -2.27. The van der Waals surface area contributed by atoms with Gasteiger partial charge >= 0.3 is 24.4 Å². The summed E-state index contributed by atoms with van der Waals surface area (Å²) < 4.78 is 53.7. The molecule has 0 saturated carbocycles. The van der Waals surface area contributed by atoms with Gasteiger partial charge in [-0.15, -0.1) is 0 Å². The molecule has 0 atom stereocenters. The summed E-state index contributed by atoms with van der Waals surface area (Å²) in [6.45, 7) is 33.1. The third-order valence-corrected chi connectivity index (χ3v) is 22.1. The van der Waals surface area contributed by atoms with Crippen LogP contribution in [0.1, 0.15) is 463 Å². The summed E-state index contributed by atoms with van der Waals surface area (Å²) >= 11 is 0. The molecule has 120 heavy (non-hydrogen) atoms. The second-order valence-corrected chi connectivity index (χ2v) is 38.7. The predicted octanol–water partition coefficient (Wildman–Crippen LogP) is 32.1. The summed E-state index contributed by atoms with van der Waals surface area (Å²) in [7, 11) is 0. The van der Waals surface area contributed by atoms with E-state index < -0.39 is 46.8 Å². The summed E-state index contributed by atoms with van der Waals surface area (Å²) in [5.41, 5.74) is 4.84. The second-order valence-electron chi connectivity index (χ2n) is 38.7. The van der Waals surface area contributed by atoms with E-state index in [4.69, 9.17) is 37.9 Å². The molecular formula is C104H172N4O12. The molecule has 5 rings (SSSR count). The number of carbonyl (C=O) groups excluding carboxylic acids is 4. The van der Waals surface area contributed by atoms with Crippen molar-refractivity contribution in [1.82, 2.24) is 0 Å². The molecule has 4 aromatic carbocycles. The van der Waals surface area contributed by atoms with Crippen molar-refractivity contribution in [3.05, 3.63) is 93.0 Å². The van der Waals surface area contributed by atoms with Crippen LogP contribution in [0.15, 0.2) is 48.5 Å². The minimum absolute atomic E-state index is 0.219. The zero-order valence-corrected chi connectivity index (χ0v) is 79.1. The molecule has 0 radical (unpaired) electrons. The number of unbranched alkanes of at least 4 members (excludes halogenated alkanes) is 44. The number of nitrogens with one attached hydrogen (secondary N) is 4. The first-order valence-electron chi connectivity index (χ1n) is 48.7. The van der Waals surface area contributed by atoms with Gasteiger partial charge in [0.1, 0.15) is 45.4 Å². The van der Waals surface area contributed by atoms with Crippen LogP contribution in [0.5, 0.6) is 23.0 Å². The first kappa shape index (κ1) is 104. The maximum atomic E-state index is 14.4. The van der Waals surface area contributed by atoms with E-state index in [1.807, 2.05) is 132 Å². The van der Waals surface area contributed by atoms with Gasteiger partial charge in [0.2, 0.25) is 0 Å². The van der Waals surface area contributed by atoms with Gasteiger partial charge in [-0.3, -0.25) is 21.3 Å². The topological polar surface area (TPSA) is 190 Å². The maximum absolute atomic E-state index is 14.4. The van der Waals surface area contributed by atoms with Gasteiger partial charge in [-0.25, -0.2) is 19.2 Å². The lowest BCUT2D eigenvalue weighted by molar-refractivity contribution is 0.0624. The smallest absolute Gasteiger partial charge is 0.412 e. The number of ether oxygens (including phenoxy) is 8. The summed E-state index contributed by atoms with van der Waals surface area (Å²) in [6.07, 6.45) is 56.0. The highest BCUT2D eigenvalue weighted by Gasteiger charge is 2.29. The number of rotatable bonds is 60. The molecule has 4 N–H and O–H groups in total. The lowest BCUT2D eigenvalue weighted by Gasteiger charge is -2.26. The van der Waals surface area contributed by atoms with Crippen molar-refractivity contribution >= 4 is 47.1 Å². The average molecular weight is 1670 g/mol. The van der Waals surface area contributed by atoms with Crippen LogP contribution in [0.3, 0.4) is 0 Å². The van der Waals surface area contributed by atoms with Crippen LogP contribution in [-0.2, 0) is 44.6 Å². The first-order valence-corrected chi connectivity index (χ1v) is 48.7. The summed E-state index contributed by atoms with van der Waals surface area (Å²) in [4.78, 5) is 57.5. The molecule has 0 heterocycles. The van der Waals surface area contributed by atoms with E-state index in [1.165, 1.54) is 231 Å². The van der Waals surface area contributed by atoms with Gasteiger partial charge in [-0.1, -0.05) is 310 Å². The van der Waals surface area contributed by atoms with Crippen LogP contribution in [0.25, 0.3) is 0 Å². The average Bonchev–Trinajstić information content (AvgIpc) is 0.771. The summed E-state index contributed by atoms with van der Waals surface area (Å²) in [6, 6.07) is 15.9. The molecule has 4 aromatic rings. The SMILES string of the molecule is CCCCCCCCCCCCCCOc1c2cc(NC(=O)OC(C)(C)C)cc1Cc1cc(NC(=O)OC(C)(C)C)cc(c1OCCCCCCCCCCCCCC)Cc1cc(NC(=O)OC(C)(C)C)cc(c1OCCCCCCCCCCCCCC)Cc1cc(NC(=O)OC(C)(C)C)cc(c1OCCCCCCCCCCCCCC)C2. The molecule has 680 valence electrons. The number of anilines is 4. The molecule has 0 spiro atoms. The monoisotopic (exact) mass is 1670 g/mol.